The molecular formula is C12H26N2O. The Kier molecular flexibility index (Phi) is 6.22. The molecule has 2 atom stereocenters. The van der Waals surface area contributed by atoms with Gasteiger partial charge in [0.1, 0.15) is 0 Å². The highest BCUT2D eigenvalue weighted by atomic mass is 16.5. The van der Waals surface area contributed by atoms with E-state index < -0.39 is 0 Å². The summed E-state index contributed by atoms with van der Waals surface area (Å²) >= 11 is 0. The molecular weight excluding hydrogens is 188 g/mol. The average Bonchev–Trinajstić information content (AvgIpc) is 2.29. The van der Waals surface area contributed by atoms with Gasteiger partial charge in [-0.2, -0.15) is 0 Å². The minimum atomic E-state index is 0.391. The van der Waals surface area contributed by atoms with E-state index in [1.165, 1.54) is 6.42 Å². The van der Waals surface area contributed by atoms with Crippen molar-refractivity contribution >= 4 is 0 Å². The first-order valence-electron chi connectivity index (χ1n) is 6.30. The van der Waals surface area contributed by atoms with Gasteiger partial charge in [-0.25, -0.2) is 0 Å². The van der Waals surface area contributed by atoms with Crippen LogP contribution < -0.4 is 5.32 Å². The molecule has 15 heavy (non-hydrogen) atoms. The fourth-order valence-corrected chi connectivity index (χ4v) is 1.83. The third-order valence-electron chi connectivity index (χ3n) is 3.23. The van der Waals surface area contributed by atoms with E-state index in [0.29, 0.717) is 6.10 Å². The molecule has 0 bridgehead atoms. The molecule has 1 N–H and O–H groups in total. The molecule has 0 aromatic heterocycles. The van der Waals surface area contributed by atoms with Crippen LogP contribution in [0.15, 0.2) is 0 Å². The molecule has 3 nitrogen and oxygen atoms in total. The molecule has 0 aliphatic carbocycles. The van der Waals surface area contributed by atoms with Gasteiger partial charge < -0.3 is 10.1 Å². The van der Waals surface area contributed by atoms with Crippen LogP contribution in [0.25, 0.3) is 0 Å². The highest BCUT2D eigenvalue weighted by molar-refractivity contribution is 4.72. The van der Waals surface area contributed by atoms with Gasteiger partial charge in [-0.05, 0) is 19.0 Å². The van der Waals surface area contributed by atoms with Gasteiger partial charge in [0.2, 0.25) is 0 Å². The summed E-state index contributed by atoms with van der Waals surface area (Å²) < 4.78 is 5.72. The van der Waals surface area contributed by atoms with Gasteiger partial charge in [0.25, 0.3) is 0 Å². The summed E-state index contributed by atoms with van der Waals surface area (Å²) in [5.41, 5.74) is 0. The van der Waals surface area contributed by atoms with Gasteiger partial charge in [-0.1, -0.05) is 27.2 Å². The van der Waals surface area contributed by atoms with Crippen molar-refractivity contribution in [2.75, 3.05) is 39.3 Å². The van der Waals surface area contributed by atoms with E-state index in [4.69, 9.17) is 4.74 Å². The van der Waals surface area contributed by atoms with Crippen LogP contribution in [-0.2, 0) is 4.74 Å². The molecule has 0 radical (unpaired) electrons. The summed E-state index contributed by atoms with van der Waals surface area (Å²) in [6.45, 7) is 13.1. The average molecular weight is 214 g/mol. The third kappa shape index (κ3) is 4.96. The Bertz CT molecular complexity index is 164. The van der Waals surface area contributed by atoms with Gasteiger partial charge in [-0.15, -0.1) is 0 Å². The monoisotopic (exact) mass is 214 g/mol. The Hall–Kier alpha value is -0.120. The van der Waals surface area contributed by atoms with Gasteiger partial charge in [0, 0.05) is 19.6 Å². The molecule has 1 fully saturated rings. The maximum Gasteiger partial charge on any atom is 0.0826 e. The van der Waals surface area contributed by atoms with Crippen molar-refractivity contribution in [1.82, 2.24) is 10.2 Å². The SMILES string of the molecule is CCC(C)CNCC1CN(CC)CCO1. The highest BCUT2D eigenvalue weighted by Crippen LogP contribution is 2.04. The number of ether oxygens (including phenoxy) is 1. The number of hydrogen-bond acceptors (Lipinski definition) is 3. The van der Waals surface area contributed by atoms with Crippen LogP contribution in [0, 0.1) is 5.92 Å². The standard InChI is InChI=1S/C12H26N2O/c1-4-11(3)8-13-9-12-10-14(5-2)6-7-15-12/h11-13H,4-10H2,1-3H3. The van der Waals surface area contributed by atoms with E-state index >= 15 is 0 Å². The molecule has 3 heteroatoms. The molecule has 0 amide bonds. The number of nitrogens with one attached hydrogen (secondary N) is 1. The van der Waals surface area contributed by atoms with Gasteiger partial charge >= 0.3 is 0 Å². The fraction of sp³-hybridized carbons (Fsp3) is 1.00. The Morgan fingerprint density at radius 2 is 2.27 bits per heavy atom. The van der Waals surface area contributed by atoms with Gasteiger partial charge in [-0.3, -0.25) is 4.90 Å². The second-order valence-corrected chi connectivity index (χ2v) is 4.56. The van der Waals surface area contributed by atoms with E-state index in [1.54, 1.807) is 0 Å². The predicted molar refractivity (Wildman–Crippen MR) is 64.2 cm³/mol. The van der Waals surface area contributed by atoms with Crippen molar-refractivity contribution in [3.8, 4) is 0 Å². The van der Waals surface area contributed by atoms with Crippen LogP contribution in [0.2, 0.25) is 0 Å². The second-order valence-electron chi connectivity index (χ2n) is 4.56. The zero-order chi connectivity index (χ0) is 11.1. The lowest BCUT2D eigenvalue weighted by Gasteiger charge is -2.32. The minimum absolute atomic E-state index is 0.391. The molecule has 1 rings (SSSR count). The topological polar surface area (TPSA) is 24.5 Å². The summed E-state index contributed by atoms with van der Waals surface area (Å²) in [5.74, 6) is 0.774. The zero-order valence-electron chi connectivity index (χ0n) is 10.5. The Balaban J connectivity index is 2.10. The molecule has 0 aromatic carbocycles. The summed E-state index contributed by atoms with van der Waals surface area (Å²) in [6, 6.07) is 0. The Labute approximate surface area is 94.2 Å². The number of likely N-dealkylation sites (N-methyl/N-ethyl adjacent to an activating group) is 1. The van der Waals surface area contributed by atoms with Crippen LogP contribution >= 0.6 is 0 Å². The van der Waals surface area contributed by atoms with Crippen molar-refractivity contribution in [1.29, 1.82) is 0 Å². The lowest BCUT2D eigenvalue weighted by Crippen LogP contribution is -2.46. The molecule has 0 aromatic rings. The molecule has 2 unspecified atom stereocenters. The van der Waals surface area contributed by atoms with E-state index in [0.717, 1.165) is 45.2 Å². The number of hydrogen-bond donors (Lipinski definition) is 1. The fourth-order valence-electron chi connectivity index (χ4n) is 1.83. The zero-order valence-corrected chi connectivity index (χ0v) is 10.5. The van der Waals surface area contributed by atoms with E-state index in [2.05, 4.69) is 31.0 Å². The summed E-state index contributed by atoms with van der Waals surface area (Å²) in [5, 5.41) is 3.50. The van der Waals surface area contributed by atoms with E-state index in [9.17, 15) is 0 Å². The first-order chi connectivity index (χ1) is 7.26. The van der Waals surface area contributed by atoms with Crippen LogP contribution in [0.3, 0.4) is 0 Å². The summed E-state index contributed by atoms with van der Waals surface area (Å²) in [4.78, 5) is 2.46. The molecule has 1 heterocycles. The Morgan fingerprint density at radius 1 is 1.47 bits per heavy atom. The van der Waals surface area contributed by atoms with E-state index in [-0.39, 0.29) is 0 Å². The first-order valence-corrected chi connectivity index (χ1v) is 6.30. The quantitative estimate of drug-likeness (QED) is 0.722. The molecule has 1 aliphatic rings. The molecule has 90 valence electrons. The maximum atomic E-state index is 5.72. The molecule has 0 saturated carbocycles. The van der Waals surface area contributed by atoms with E-state index in [1.807, 2.05) is 0 Å². The summed E-state index contributed by atoms with van der Waals surface area (Å²) in [7, 11) is 0. The first kappa shape index (κ1) is 12.9. The van der Waals surface area contributed by atoms with Crippen molar-refractivity contribution in [3.05, 3.63) is 0 Å². The third-order valence-corrected chi connectivity index (χ3v) is 3.23. The largest absolute Gasteiger partial charge is 0.374 e. The highest BCUT2D eigenvalue weighted by Gasteiger charge is 2.18. The number of rotatable bonds is 6. The van der Waals surface area contributed by atoms with Crippen LogP contribution in [0.4, 0.5) is 0 Å². The Morgan fingerprint density at radius 3 is 2.93 bits per heavy atom. The second kappa shape index (κ2) is 7.20. The lowest BCUT2D eigenvalue weighted by atomic mass is 10.1. The van der Waals surface area contributed by atoms with Crippen molar-refractivity contribution < 1.29 is 4.74 Å². The normalized spacial score (nSPS) is 25.4. The van der Waals surface area contributed by atoms with Crippen molar-refractivity contribution in [3.63, 3.8) is 0 Å². The predicted octanol–water partition coefficient (Wildman–Crippen LogP) is 1.34. The van der Waals surface area contributed by atoms with Gasteiger partial charge in [0.15, 0.2) is 0 Å². The van der Waals surface area contributed by atoms with Crippen molar-refractivity contribution in [2.24, 2.45) is 5.92 Å². The van der Waals surface area contributed by atoms with Gasteiger partial charge in [0.05, 0.1) is 12.7 Å². The van der Waals surface area contributed by atoms with Crippen LogP contribution in [0.1, 0.15) is 27.2 Å². The minimum Gasteiger partial charge on any atom is -0.374 e. The number of morpholine rings is 1. The lowest BCUT2D eigenvalue weighted by molar-refractivity contribution is -0.0254. The number of nitrogens with zero attached hydrogens (tertiary/aromatic N) is 1. The molecule has 1 aliphatic heterocycles. The maximum absolute atomic E-state index is 5.72. The van der Waals surface area contributed by atoms with Crippen molar-refractivity contribution in [2.45, 2.75) is 33.3 Å². The molecule has 0 spiro atoms. The molecule has 1 saturated heterocycles. The summed E-state index contributed by atoms with van der Waals surface area (Å²) in [6.07, 6.45) is 1.64. The van der Waals surface area contributed by atoms with Crippen LogP contribution in [-0.4, -0.2) is 50.3 Å². The smallest absolute Gasteiger partial charge is 0.0826 e. The van der Waals surface area contributed by atoms with Crippen LogP contribution in [0.5, 0.6) is 0 Å².